The Morgan fingerprint density at radius 2 is 1.74 bits per heavy atom. The van der Waals surface area contributed by atoms with Crippen LogP contribution in [0.2, 0.25) is 0 Å². The number of hydrogen-bond acceptors (Lipinski definition) is 1. The predicted molar refractivity (Wildman–Crippen MR) is 86.5 cm³/mol. The van der Waals surface area contributed by atoms with Crippen molar-refractivity contribution in [3.63, 3.8) is 0 Å². The van der Waals surface area contributed by atoms with E-state index in [4.69, 9.17) is 16.6 Å². The van der Waals surface area contributed by atoms with E-state index in [-0.39, 0.29) is 10.4 Å². The van der Waals surface area contributed by atoms with Crippen LogP contribution in [0, 0.1) is 0 Å². The maximum atomic E-state index is 6.90. The molecule has 0 N–H and O–H groups in total. The molecule has 0 saturated heterocycles. The van der Waals surface area contributed by atoms with Gasteiger partial charge in [0.05, 0.1) is 10.4 Å². The molecule has 0 spiro atoms. The Labute approximate surface area is 123 Å². The number of alkyl halides is 1. The van der Waals surface area contributed by atoms with Gasteiger partial charge in [-0.2, -0.15) is 0 Å². The van der Waals surface area contributed by atoms with Gasteiger partial charge in [-0.3, -0.25) is 4.99 Å². The van der Waals surface area contributed by atoms with Gasteiger partial charge in [0.15, 0.2) is 0 Å². The first-order chi connectivity index (χ1) is 8.77. The molecule has 1 aromatic carbocycles. The zero-order valence-electron chi connectivity index (χ0n) is 12.8. The van der Waals surface area contributed by atoms with Crippen molar-refractivity contribution < 1.29 is 0 Å². The Kier molecular flexibility index (Phi) is 5.61. The van der Waals surface area contributed by atoms with E-state index >= 15 is 0 Å². The molecule has 1 aromatic rings. The van der Waals surface area contributed by atoms with Crippen molar-refractivity contribution in [2.45, 2.75) is 64.3 Å². The predicted octanol–water partition coefficient (Wildman–Crippen LogP) is 5.27. The van der Waals surface area contributed by atoms with Crippen molar-refractivity contribution in [2.75, 3.05) is 0 Å². The SMILES string of the molecule is CCCC(Cl)(Cc1ccccc1)C(C)=NC(C)(C)C. The second-order valence-corrected chi connectivity index (χ2v) is 6.97. The Bertz CT molecular complexity index is 417. The highest BCUT2D eigenvalue weighted by Gasteiger charge is 2.31. The summed E-state index contributed by atoms with van der Waals surface area (Å²) >= 11 is 6.90. The van der Waals surface area contributed by atoms with Crippen LogP contribution < -0.4 is 0 Å². The van der Waals surface area contributed by atoms with Crippen molar-refractivity contribution >= 4 is 17.3 Å². The lowest BCUT2D eigenvalue weighted by molar-refractivity contribution is 0.565. The second-order valence-electron chi connectivity index (χ2n) is 6.25. The number of nitrogens with zero attached hydrogens (tertiary/aromatic N) is 1. The van der Waals surface area contributed by atoms with E-state index in [0.717, 1.165) is 25.0 Å². The molecule has 1 unspecified atom stereocenters. The molecule has 0 radical (unpaired) electrons. The topological polar surface area (TPSA) is 12.4 Å². The highest BCUT2D eigenvalue weighted by atomic mass is 35.5. The molecule has 0 heterocycles. The fourth-order valence-corrected chi connectivity index (χ4v) is 2.70. The minimum atomic E-state index is -0.358. The van der Waals surface area contributed by atoms with Gasteiger partial charge < -0.3 is 0 Å². The monoisotopic (exact) mass is 279 g/mol. The average molecular weight is 280 g/mol. The summed E-state index contributed by atoms with van der Waals surface area (Å²) in [7, 11) is 0. The van der Waals surface area contributed by atoms with Gasteiger partial charge in [-0.25, -0.2) is 0 Å². The van der Waals surface area contributed by atoms with Crippen LogP contribution in [-0.4, -0.2) is 16.1 Å². The zero-order chi connectivity index (χ0) is 14.5. The Hall–Kier alpha value is -0.820. The largest absolute Gasteiger partial charge is 0.287 e. The molecule has 1 atom stereocenters. The standard InChI is InChI=1S/C17H26ClN/c1-6-12-17(18,14(2)19-16(3,4)5)13-15-10-8-7-9-11-15/h7-11H,6,12-13H2,1-5H3. The Balaban J connectivity index is 3.00. The summed E-state index contributed by atoms with van der Waals surface area (Å²) < 4.78 is 0. The minimum absolute atomic E-state index is 0.0747. The van der Waals surface area contributed by atoms with Crippen LogP contribution in [0.1, 0.15) is 53.0 Å². The van der Waals surface area contributed by atoms with Crippen molar-refractivity contribution in [2.24, 2.45) is 4.99 Å². The second kappa shape index (κ2) is 6.56. The average Bonchev–Trinajstić information content (AvgIpc) is 2.28. The molecule has 0 aromatic heterocycles. The third-order valence-corrected chi connectivity index (χ3v) is 3.72. The molecule has 0 bridgehead atoms. The third-order valence-electron chi connectivity index (χ3n) is 3.12. The van der Waals surface area contributed by atoms with Crippen molar-refractivity contribution in [1.29, 1.82) is 0 Å². The van der Waals surface area contributed by atoms with E-state index in [1.807, 2.05) is 6.07 Å². The Morgan fingerprint density at radius 1 is 1.16 bits per heavy atom. The lowest BCUT2D eigenvalue weighted by atomic mass is 9.89. The molecule has 0 saturated carbocycles. The molecule has 0 amide bonds. The number of aliphatic imine (C=N–C) groups is 1. The van der Waals surface area contributed by atoms with E-state index in [9.17, 15) is 0 Å². The van der Waals surface area contributed by atoms with Gasteiger partial charge in [0.25, 0.3) is 0 Å². The summed E-state index contributed by atoms with van der Waals surface area (Å²) in [5.41, 5.74) is 2.25. The zero-order valence-corrected chi connectivity index (χ0v) is 13.6. The van der Waals surface area contributed by atoms with Crippen LogP contribution in [0.5, 0.6) is 0 Å². The molecule has 106 valence electrons. The maximum Gasteiger partial charge on any atom is 0.0859 e. The van der Waals surface area contributed by atoms with Crippen LogP contribution in [0.15, 0.2) is 35.3 Å². The summed E-state index contributed by atoms with van der Waals surface area (Å²) in [6.45, 7) is 10.6. The van der Waals surface area contributed by atoms with E-state index in [0.29, 0.717) is 0 Å². The van der Waals surface area contributed by atoms with E-state index in [1.54, 1.807) is 0 Å². The van der Waals surface area contributed by atoms with Crippen LogP contribution in [0.4, 0.5) is 0 Å². The normalized spacial score (nSPS) is 16.2. The minimum Gasteiger partial charge on any atom is -0.287 e. The van der Waals surface area contributed by atoms with E-state index < -0.39 is 0 Å². The van der Waals surface area contributed by atoms with Crippen LogP contribution in [0.3, 0.4) is 0 Å². The molecule has 2 heteroatoms. The number of benzene rings is 1. The summed E-state index contributed by atoms with van der Waals surface area (Å²) in [6.07, 6.45) is 2.86. The Morgan fingerprint density at radius 3 is 2.21 bits per heavy atom. The first-order valence-corrected chi connectivity index (χ1v) is 7.44. The van der Waals surface area contributed by atoms with E-state index in [2.05, 4.69) is 58.9 Å². The summed E-state index contributed by atoms with van der Waals surface area (Å²) in [5, 5.41) is 0. The molecule has 1 rings (SSSR count). The van der Waals surface area contributed by atoms with Gasteiger partial charge in [0, 0.05) is 5.71 Å². The maximum absolute atomic E-state index is 6.90. The van der Waals surface area contributed by atoms with Crippen molar-refractivity contribution in [3.8, 4) is 0 Å². The van der Waals surface area contributed by atoms with Gasteiger partial charge in [-0.1, -0.05) is 43.7 Å². The number of halogens is 1. The molecular weight excluding hydrogens is 254 g/mol. The summed E-state index contributed by atoms with van der Waals surface area (Å²) in [6, 6.07) is 10.4. The smallest absolute Gasteiger partial charge is 0.0859 e. The van der Waals surface area contributed by atoms with Crippen molar-refractivity contribution in [1.82, 2.24) is 0 Å². The lowest BCUT2D eigenvalue weighted by Crippen LogP contribution is -2.35. The van der Waals surface area contributed by atoms with Gasteiger partial charge in [-0.15, -0.1) is 11.6 Å². The highest BCUT2D eigenvalue weighted by molar-refractivity contribution is 6.36. The fraction of sp³-hybridized carbons (Fsp3) is 0.588. The first kappa shape index (κ1) is 16.2. The van der Waals surface area contributed by atoms with Gasteiger partial charge in [-0.05, 0) is 46.1 Å². The molecule has 0 aliphatic carbocycles. The van der Waals surface area contributed by atoms with Gasteiger partial charge in [0.2, 0.25) is 0 Å². The lowest BCUT2D eigenvalue weighted by Gasteiger charge is -2.29. The van der Waals surface area contributed by atoms with Crippen LogP contribution in [-0.2, 0) is 6.42 Å². The number of rotatable bonds is 5. The molecule has 0 fully saturated rings. The van der Waals surface area contributed by atoms with Crippen molar-refractivity contribution in [3.05, 3.63) is 35.9 Å². The molecule has 0 aliphatic rings. The van der Waals surface area contributed by atoms with Gasteiger partial charge in [0.1, 0.15) is 0 Å². The summed E-state index contributed by atoms with van der Waals surface area (Å²) in [4.78, 5) is 4.42. The van der Waals surface area contributed by atoms with Gasteiger partial charge >= 0.3 is 0 Å². The molecular formula is C17H26ClN. The first-order valence-electron chi connectivity index (χ1n) is 7.06. The number of hydrogen-bond donors (Lipinski definition) is 0. The molecule has 19 heavy (non-hydrogen) atoms. The third kappa shape index (κ3) is 5.36. The molecule has 0 aliphatic heterocycles. The van der Waals surface area contributed by atoms with Crippen LogP contribution >= 0.6 is 11.6 Å². The van der Waals surface area contributed by atoms with E-state index in [1.165, 1.54) is 5.56 Å². The fourth-order valence-electron chi connectivity index (χ4n) is 2.32. The highest BCUT2D eigenvalue weighted by Crippen LogP contribution is 2.30. The van der Waals surface area contributed by atoms with Crippen LogP contribution in [0.25, 0.3) is 0 Å². The summed E-state index contributed by atoms with van der Waals surface area (Å²) in [5.74, 6) is 0. The molecule has 1 nitrogen and oxygen atoms in total. The quantitative estimate of drug-likeness (QED) is 0.514.